The number of hydrogen-bond acceptors (Lipinski definition) is 3. The van der Waals surface area contributed by atoms with Gasteiger partial charge in [-0.1, -0.05) is 26.2 Å². The number of aliphatic imine (C=N–C) groups is 1. The van der Waals surface area contributed by atoms with Crippen LogP contribution in [0.15, 0.2) is 16.4 Å². The Morgan fingerprint density at radius 1 is 1.35 bits per heavy atom. The smallest absolute Gasteiger partial charge is 0.426 e. The Morgan fingerprint density at radius 2 is 2.00 bits per heavy atom. The van der Waals surface area contributed by atoms with Crippen molar-refractivity contribution in [1.82, 2.24) is 0 Å². The van der Waals surface area contributed by atoms with Crippen molar-refractivity contribution in [1.29, 1.82) is 5.26 Å². The van der Waals surface area contributed by atoms with Gasteiger partial charge in [-0.3, -0.25) is 0 Å². The van der Waals surface area contributed by atoms with Crippen LogP contribution in [0, 0.1) is 17.2 Å². The van der Waals surface area contributed by atoms with E-state index in [2.05, 4.69) is 4.99 Å². The maximum Gasteiger partial charge on any atom is 0.426 e. The average Bonchev–Trinajstić information content (AvgIpc) is 2.42. The Labute approximate surface area is 117 Å². The van der Waals surface area contributed by atoms with Gasteiger partial charge in [-0.2, -0.15) is 18.4 Å². The first kappa shape index (κ1) is 16.5. The van der Waals surface area contributed by atoms with Crippen molar-refractivity contribution in [2.45, 2.75) is 51.6 Å². The maximum absolute atomic E-state index is 12.2. The number of nitrogens with zero attached hydrogens (tertiary/aromatic N) is 2. The van der Waals surface area contributed by atoms with Gasteiger partial charge in [0.25, 0.3) is 0 Å². The highest BCUT2D eigenvalue weighted by Crippen LogP contribution is 2.25. The molecule has 0 aromatic carbocycles. The van der Waals surface area contributed by atoms with Crippen LogP contribution < -0.4 is 0 Å². The lowest BCUT2D eigenvalue weighted by Gasteiger charge is -2.21. The van der Waals surface area contributed by atoms with Crippen molar-refractivity contribution < 1.29 is 17.9 Å². The van der Waals surface area contributed by atoms with E-state index >= 15 is 0 Å². The second kappa shape index (κ2) is 7.93. The number of rotatable bonds is 5. The molecule has 0 aromatic rings. The highest BCUT2D eigenvalue weighted by molar-refractivity contribution is 5.65. The molecule has 0 N–H and O–H groups in total. The van der Waals surface area contributed by atoms with Gasteiger partial charge in [0.05, 0.1) is 12.2 Å². The zero-order chi connectivity index (χ0) is 15.0. The van der Waals surface area contributed by atoms with Gasteiger partial charge in [-0.15, -0.1) is 0 Å². The standard InChI is InChI=1S/C14H19F3N2O/c1-2-12(8-18)13(19-10-14(15,16)17)20-9-11-6-4-3-5-7-11/h10-11H,2-7,9H2,1H3/b13-12-,19-10?. The molecule has 0 unspecified atom stereocenters. The van der Waals surface area contributed by atoms with Crippen LogP contribution in [0.25, 0.3) is 0 Å². The number of ether oxygens (including phenoxy) is 1. The molecule has 0 radical (unpaired) electrons. The van der Waals surface area contributed by atoms with Crippen molar-refractivity contribution in [2.24, 2.45) is 10.9 Å². The van der Waals surface area contributed by atoms with E-state index in [4.69, 9.17) is 10.00 Å². The van der Waals surface area contributed by atoms with E-state index in [1.807, 2.05) is 6.07 Å². The maximum atomic E-state index is 12.2. The minimum atomic E-state index is -4.51. The van der Waals surface area contributed by atoms with E-state index in [1.54, 1.807) is 6.92 Å². The van der Waals surface area contributed by atoms with Gasteiger partial charge >= 0.3 is 6.18 Å². The molecule has 0 saturated heterocycles. The van der Waals surface area contributed by atoms with Crippen LogP contribution in [0.1, 0.15) is 45.4 Å². The summed E-state index contributed by atoms with van der Waals surface area (Å²) in [7, 11) is 0. The first-order valence-corrected chi connectivity index (χ1v) is 6.84. The van der Waals surface area contributed by atoms with Crippen LogP contribution in [-0.4, -0.2) is 19.0 Å². The predicted molar refractivity (Wildman–Crippen MR) is 70.0 cm³/mol. The van der Waals surface area contributed by atoms with Gasteiger partial charge in [0.15, 0.2) is 0 Å². The quantitative estimate of drug-likeness (QED) is 0.428. The van der Waals surface area contributed by atoms with Crippen molar-refractivity contribution in [3.05, 3.63) is 11.5 Å². The molecule has 20 heavy (non-hydrogen) atoms. The molecule has 1 aliphatic rings. The monoisotopic (exact) mass is 288 g/mol. The Bertz CT molecular complexity index is 402. The molecular formula is C14H19F3N2O. The summed E-state index contributed by atoms with van der Waals surface area (Å²) in [5.41, 5.74) is 0.140. The van der Waals surface area contributed by atoms with Crippen molar-refractivity contribution in [2.75, 3.05) is 6.61 Å². The van der Waals surface area contributed by atoms with Crippen LogP contribution in [0.5, 0.6) is 0 Å². The van der Waals surface area contributed by atoms with E-state index in [-0.39, 0.29) is 17.7 Å². The highest BCUT2D eigenvalue weighted by atomic mass is 19.4. The normalized spacial score (nSPS) is 18.8. The third kappa shape index (κ3) is 6.09. The fraction of sp³-hybridized carbons (Fsp3) is 0.714. The summed E-state index contributed by atoms with van der Waals surface area (Å²) >= 11 is 0. The molecule has 0 atom stereocenters. The molecule has 0 aliphatic heterocycles. The summed E-state index contributed by atoms with van der Waals surface area (Å²) in [5, 5.41) is 8.92. The van der Waals surface area contributed by atoms with E-state index < -0.39 is 6.18 Å². The Kier molecular flexibility index (Phi) is 6.56. The minimum absolute atomic E-state index is 0.129. The molecule has 1 saturated carbocycles. The first-order chi connectivity index (χ1) is 9.46. The number of allylic oxidation sites excluding steroid dienone is 1. The largest absolute Gasteiger partial charge is 0.477 e. The molecular weight excluding hydrogens is 269 g/mol. The van der Waals surface area contributed by atoms with Gasteiger partial charge in [-0.05, 0) is 25.2 Å². The van der Waals surface area contributed by atoms with Gasteiger partial charge < -0.3 is 4.74 Å². The molecule has 112 valence electrons. The zero-order valence-corrected chi connectivity index (χ0v) is 11.5. The molecule has 1 aliphatic carbocycles. The van der Waals surface area contributed by atoms with Crippen LogP contribution >= 0.6 is 0 Å². The topological polar surface area (TPSA) is 45.4 Å². The third-order valence-electron chi connectivity index (χ3n) is 3.26. The van der Waals surface area contributed by atoms with Crippen LogP contribution in [-0.2, 0) is 4.74 Å². The van der Waals surface area contributed by atoms with Crippen LogP contribution in [0.2, 0.25) is 0 Å². The van der Waals surface area contributed by atoms with Crippen LogP contribution in [0.3, 0.4) is 0 Å². The Hall–Kier alpha value is -1.51. The number of nitriles is 1. The summed E-state index contributed by atoms with van der Waals surface area (Å²) in [6, 6.07) is 1.85. The second-order valence-electron chi connectivity index (χ2n) is 4.86. The molecule has 0 aromatic heterocycles. The highest BCUT2D eigenvalue weighted by Gasteiger charge is 2.24. The molecule has 6 heteroatoms. The fourth-order valence-corrected chi connectivity index (χ4v) is 2.16. The number of hydrogen-bond donors (Lipinski definition) is 0. The molecule has 0 amide bonds. The summed E-state index contributed by atoms with van der Waals surface area (Å²) in [6.45, 7) is 2.02. The zero-order valence-electron chi connectivity index (χ0n) is 11.5. The first-order valence-electron chi connectivity index (χ1n) is 6.84. The lowest BCUT2D eigenvalue weighted by molar-refractivity contribution is -0.0539. The lowest BCUT2D eigenvalue weighted by atomic mass is 9.90. The predicted octanol–water partition coefficient (Wildman–Crippen LogP) is 4.36. The van der Waals surface area contributed by atoms with Gasteiger partial charge in [0.1, 0.15) is 12.3 Å². The van der Waals surface area contributed by atoms with E-state index in [9.17, 15) is 13.2 Å². The van der Waals surface area contributed by atoms with Crippen molar-refractivity contribution >= 4 is 6.21 Å². The molecule has 3 nitrogen and oxygen atoms in total. The fourth-order valence-electron chi connectivity index (χ4n) is 2.16. The molecule has 0 bridgehead atoms. The van der Waals surface area contributed by atoms with Gasteiger partial charge in [-0.25, -0.2) is 4.99 Å². The van der Waals surface area contributed by atoms with E-state index in [1.165, 1.54) is 6.42 Å². The van der Waals surface area contributed by atoms with Crippen molar-refractivity contribution in [3.8, 4) is 6.07 Å². The molecule has 0 spiro atoms. The van der Waals surface area contributed by atoms with E-state index in [0.717, 1.165) is 25.7 Å². The minimum Gasteiger partial charge on any atom is -0.477 e. The lowest BCUT2D eigenvalue weighted by Crippen LogP contribution is -2.14. The molecule has 1 rings (SSSR count). The van der Waals surface area contributed by atoms with Gasteiger partial charge in [0.2, 0.25) is 5.88 Å². The summed E-state index contributed by atoms with van der Waals surface area (Å²) in [5.74, 6) is 0.148. The van der Waals surface area contributed by atoms with Crippen LogP contribution in [0.4, 0.5) is 13.2 Å². The van der Waals surface area contributed by atoms with E-state index in [0.29, 0.717) is 18.9 Å². The second-order valence-corrected chi connectivity index (χ2v) is 4.86. The number of halogens is 3. The SMILES string of the molecule is CC/C(C#N)=C(\N=CC(F)(F)F)OCC1CCCCC1. The third-order valence-corrected chi connectivity index (χ3v) is 3.26. The Morgan fingerprint density at radius 3 is 2.50 bits per heavy atom. The van der Waals surface area contributed by atoms with Gasteiger partial charge in [0, 0.05) is 0 Å². The summed E-state index contributed by atoms with van der Waals surface area (Å²) in [4.78, 5) is 3.31. The van der Waals surface area contributed by atoms with Crippen molar-refractivity contribution in [3.63, 3.8) is 0 Å². The molecule has 0 heterocycles. The Balaban J connectivity index is 2.71. The summed E-state index contributed by atoms with van der Waals surface area (Å²) in [6.07, 6.45) is 1.14. The number of alkyl halides is 3. The summed E-state index contributed by atoms with van der Waals surface area (Å²) < 4.78 is 41.9. The average molecular weight is 288 g/mol. The molecule has 1 fully saturated rings.